The van der Waals surface area contributed by atoms with E-state index >= 15 is 0 Å². The molecule has 0 fully saturated rings. The first-order chi connectivity index (χ1) is 15.0. The Morgan fingerprint density at radius 1 is 1.00 bits per heavy atom. The minimum atomic E-state index is -0.757. The maximum absolute atomic E-state index is 13.3. The fraction of sp³-hybridized carbons (Fsp3) is 0.640. The first kappa shape index (κ1) is 27.5. The summed E-state index contributed by atoms with van der Waals surface area (Å²) >= 11 is 0. The van der Waals surface area contributed by atoms with Gasteiger partial charge in [0.15, 0.2) is 0 Å². The first-order valence-electron chi connectivity index (χ1n) is 11.6. The van der Waals surface area contributed by atoms with Crippen LogP contribution in [0.15, 0.2) is 18.2 Å². The van der Waals surface area contributed by atoms with Gasteiger partial charge in [-0.2, -0.15) is 0 Å². The Bertz CT molecular complexity index is 751. The van der Waals surface area contributed by atoms with Gasteiger partial charge in [-0.15, -0.1) is 0 Å². The number of aryl methyl sites for hydroxylation is 2. The number of benzene rings is 1. The zero-order chi connectivity index (χ0) is 24.3. The predicted octanol–water partition coefficient (Wildman–Crippen LogP) is 4.41. The third kappa shape index (κ3) is 8.89. The van der Waals surface area contributed by atoms with Gasteiger partial charge in [0.05, 0.1) is 0 Å². The molecule has 1 atom stereocenters. The summed E-state index contributed by atoms with van der Waals surface area (Å²) in [7, 11) is 0. The summed E-state index contributed by atoms with van der Waals surface area (Å²) in [5, 5.41) is 5.54. The average Bonchev–Trinajstić information content (AvgIpc) is 2.69. The SMILES string of the molecule is CCCCNC(=O)C(c1c(C)cccc1C)N(CCCC)C(=O)CNC(=O)OC(C)(C)C. The molecule has 0 heterocycles. The van der Waals surface area contributed by atoms with Crippen molar-refractivity contribution in [1.29, 1.82) is 0 Å². The molecule has 0 aromatic heterocycles. The predicted molar refractivity (Wildman–Crippen MR) is 127 cm³/mol. The zero-order valence-corrected chi connectivity index (χ0v) is 20.8. The van der Waals surface area contributed by atoms with E-state index in [1.807, 2.05) is 39.0 Å². The van der Waals surface area contributed by atoms with E-state index in [9.17, 15) is 14.4 Å². The molecule has 2 N–H and O–H groups in total. The molecule has 7 nitrogen and oxygen atoms in total. The van der Waals surface area contributed by atoms with Gasteiger partial charge in [0.2, 0.25) is 11.8 Å². The number of rotatable bonds is 11. The quantitative estimate of drug-likeness (QED) is 0.492. The lowest BCUT2D eigenvalue weighted by molar-refractivity contribution is -0.140. The van der Waals surface area contributed by atoms with Gasteiger partial charge in [-0.3, -0.25) is 9.59 Å². The number of nitrogens with zero attached hydrogens (tertiary/aromatic N) is 1. The van der Waals surface area contributed by atoms with Crippen LogP contribution in [0, 0.1) is 13.8 Å². The third-order valence-electron chi connectivity index (χ3n) is 5.06. The highest BCUT2D eigenvalue weighted by atomic mass is 16.6. The molecule has 0 bridgehead atoms. The second kappa shape index (κ2) is 13.1. The van der Waals surface area contributed by atoms with E-state index in [1.165, 1.54) is 0 Å². The molecule has 1 aromatic rings. The average molecular weight is 448 g/mol. The molecule has 1 aromatic carbocycles. The molecule has 180 valence electrons. The number of nitrogens with one attached hydrogen (secondary N) is 2. The first-order valence-corrected chi connectivity index (χ1v) is 11.6. The molecule has 32 heavy (non-hydrogen) atoms. The van der Waals surface area contributed by atoms with Crippen LogP contribution in [0.1, 0.15) is 83.0 Å². The molecule has 3 amide bonds. The Morgan fingerprint density at radius 2 is 1.59 bits per heavy atom. The summed E-state index contributed by atoms with van der Waals surface area (Å²) in [6, 6.07) is 5.10. The van der Waals surface area contributed by atoms with Crippen molar-refractivity contribution in [3.8, 4) is 0 Å². The van der Waals surface area contributed by atoms with E-state index in [2.05, 4.69) is 17.6 Å². The topological polar surface area (TPSA) is 87.7 Å². The molecule has 0 radical (unpaired) electrons. The lowest BCUT2D eigenvalue weighted by Crippen LogP contribution is -2.48. The number of alkyl carbamates (subject to hydrolysis) is 1. The molecule has 7 heteroatoms. The van der Waals surface area contributed by atoms with Crippen LogP contribution in [-0.2, 0) is 14.3 Å². The van der Waals surface area contributed by atoms with E-state index in [-0.39, 0.29) is 18.4 Å². The Hall–Kier alpha value is -2.57. The highest BCUT2D eigenvalue weighted by Gasteiger charge is 2.33. The van der Waals surface area contributed by atoms with Crippen molar-refractivity contribution in [1.82, 2.24) is 15.5 Å². The molecule has 0 aliphatic rings. The molecular weight excluding hydrogens is 406 g/mol. The van der Waals surface area contributed by atoms with Crippen LogP contribution in [-0.4, -0.2) is 48.0 Å². The van der Waals surface area contributed by atoms with Crippen LogP contribution in [0.3, 0.4) is 0 Å². The van der Waals surface area contributed by atoms with E-state index < -0.39 is 17.7 Å². The van der Waals surface area contributed by atoms with E-state index in [0.29, 0.717) is 13.1 Å². The Labute approximate surface area is 193 Å². The summed E-state index contributed by atoms with van der Waals surface area (Å²) in [4.78, 5) is 40.3. The lowest BCUT2D eigenvalue weighted by Gasteiger charge is -2.33. The minimum absolute atomic E-state index is 0.197. The van der Waals surface area contributed by atoms with Gasteiger partial charge in [-0.25, -0.2) is 4.79 Å². The summed E-state index contributed by atoms with van der Waals surface area (Å²) in [6.45, 7) is 14.0. The molecule has 0 spiro atoms. The Balaban J connectivity index is 3.23. The summed E-state index contributed by atoms with van der Waals surface area (Å²) in [6.07, 6.45) is 2.81. The van der Waals surface area contributed by atoms with Crippen molar-refractivity contribution < 1.29 is 19.1 Å². The number of unbranched alkanes of at least 4 members (excludes halogenated alkanes) is 2. The van der Waals surface area contributed by atoms with Gasteiger partial charge in [-0.05, 0) is 64.2 Å². The third-order valence-corrected chi connectivity index (χ3v) is 5.06. The number of carbonyl (C=O) groups excluding carboxylic acids is 3. The van der Waals surface area contributed by atoms with Crippen molar-refractivity contribution in [3.63, 3.8) is 0 Å². The summed E-state index contributed by atoms with van der Waals surface area (Å²) in [5.41, 5.74) is 2.09. The lowest BCUT2D eigenvalue weighted by atomic mass is 9.93. The van der Waals surface area contributed by atoms with Crippen molar-refractivity contribution in [2.75, 3.05) is 19.6 Å². The fourth-order valence-corrected chi connectivity index (χ4v) is 3.46. The van der Waals surface area contributed by atoms with Gasteiger partial charge in [0.25, 0.3) is 0 Å². The number of hydrogen-bond acceptors (Lipinski definition) is 4. The van der Waals surface area contributed by atoms with Crippen molar-refractivity contribution >= 4 is 17.9 Å². The molecule has 0 saturated carbocycles. The van der Waals surface area contributed by atoms with Gasteiger partial charge >= 0.3 is 6.09 Å². The number of hydrogen-bond donors (Lipinski definition) is 2. The van der Waals surface area contributed by atoms with Crippen molar-refractivity contribution in [2.45, 2.75) is 85.8 Å². The Kier molecular flexibility index (Phi) is 11.2. The number of carbonyl (C=O) groups is 3. The molecule has 1 unspecified atom stereocenters. The molecular formula is C25H41N3O4. The van der Waals surface area contributed by atoms with Crippen LogP contribution in [0.2, 0.25) is 0 Å². The number of ether oxygens (including phenoxy) is 1. The van der Waals surface area contributed by atoms with Gasteiger partial charge < -0.3 is 20.3 Å². The smallest absolute Gasteiger partial charge is 0.408 e. The second-order valence-electron chi connectivity index (χ2n) is 9.15. The molecule has 0 aliphatic heterocycles. The fourth-order valence-electron chi connectivity index (χ4n) is 3.46. The zero-order valence-electron chi connectivity index (χ0n) is 20.8. The van der Waals surface area contributed by atoms with Crippen LogP contribution in [0.5, 0.6) is 0 Å². The summed E-state index contributed by atoms with van der Waals surface area (Å²) in [5.74, 6) is -0.514. The standard InChI is InChI=1S/C25H41N3O4/c1-8-10-15-26-23(30)22(21-18(3)13-12-14-19(21)4)28(16-11-9-2)20(29)17-27-24(31)32-25(5,6)7/h12-14,22H,8-11,15-17H2,1-7H3,(H,26,30)(H,27,31). The molecule has 0 aliphatic carbocycles. The van der Waals surface area contributed by atoms with Gasteiger partial charge in [-0.1, -0.05) is 44.9 Å². The van der Waals surface area contributed by atoms with E-state index in [0.717, 1.165) is 42.4 Å². The maximum Gasteiger partial charge on any atom is 0.408 e. The second-order valence-corrected chi connectivity index (χ2v) is 9.15. The van der Waals surface area contributed by atoms with Crippen LogP contribution in [0.25, 0.3) is 0 Å². The maximum atomic E-state index is 13.3. The van der Waals surface area contributed by atoms with E-state index in [4.69, 9.17) is 4.74 Å². The number of amides is 3. The molecule has 1 rings (SSSR count). The van der Waals surface area contributed by atoms with Crippen molar-refractivity contribution in [2.24, 2.45) is 0 Å². The van der Waals surface area contributed by atoms with Crippen LogP contribution >= 0.6 is 0 Å². The monoisotopic (exact) mass is 447 g/mol. The largest absolute Gasteiger partial charge is 0.444 e. The minimum Gasteiger partial charge on any atom is -0.444 e. The summed E-state index contributed by atoms with van der Waals surface area (Å²) < 4.78 is 5.25. The van der Waals surface area contributed by atoms with Crippen LogP contribution < -0.4 is 10.6 Å². The Morgan fingerprint density at radius 3 is 2.12 bits per heavy atom. The highest BCUT2D eigenvalue weighted by Crippen LogP contribution is 2.28. The van der Waals surface area contributed by atoms with Gasteiger partial charge in [0, 0.05) is 13.1 Å². The van der Waals surface area contributed by atoms with E-state index in [1.54, 1.807) is 25.7 Å². The normalized spacial score (nSPS) is 12.1. The molecule has 0 saturated heterocycles. The van der Waals surface area contributed by atoms with Crippen molar-refractivity contribution in [3.05, 3.63) is 34.9 Å². The highest BCUT2D eigenvalue weighted by molar-refractivity contribution is 5.91. The van der Waals surface area contributed by atoms with Crippen LogP contribution in [0.4, 0.5) is 4.79 Å². The van der Waals surface area contributed by atoms with Gasteiger partial charge in [0.1, 0.15) is 18.2 Å².